The second-order valence-corrected chi connectivity index (χ2v) is 9.44. The molecule has 35 heavy (non-hydrogen) atoms. The van der Waals surface area contributed by atoms with Crippen molar-refractivity contribution in [3.63, 3.8) is 0 Å². The predicted molar refractivity (Wildman–Crippen MR) is 127 cm³/mol. The maximum atomic E-state index is 12.2. The van der Waals surface area contributed by atoms with E-state index in [4.69, 9.17) is 18.8 Å². The smallest absolute Gasteiger partial charge is 0.422 e. The molecule has 12 heteroatoms. The van der Waals surface area contributed by atoms with Crippen molar-refractivity contribution >= 4 is 17.7 Å². The highest BCUT2D eigenvalue weighted by atomic mass is 32.1. The monoisotopic (exact) mass is 520 g/mol. The Morgan fingerprint density at radius 2 is 2.03 bits per heavy atom. The molecule has 0 saturated heterocycles. The van der Waals surface area contributed by atoms with Gasteiger partial charge in [0.1, 0.15) is 5.76 Å². The third-order valence-electron chi connectivity index (χ3n) is 5.82. The maximum Gasteiger partial charge on any atom is 0.422 e. The fraction of sp³-hybridized carbons (Fsp3) is 0.696. The minimum Gasteiger partial charge on any atom is -0.479 e. The number of halogens is 3. The van der Waals surface area contributed by atoms with E-state index in [1.165, 1.54) is 49.9 Å². The number of alkyl halides is 3. The second kappa shape index (κ2) is 14.9. The molecule has 1 aliphatic carbocycles. The zero-order valence-electron chi connectivity index (χ0n) is 20.3. The number of aryl methyl sites for hydroxylation is 1. The number of aromatic nitrogens is 2. The second-order valence-electron chi connectivity index (χ2n) is 8.40. The molecule has 0 spiro atoms. The molecule has 2 N–H and O–H groups in total. The Morgan fingerprint density at radius 3 is 2.60 bits per heavy atom. The molecule has 1 aliphatic heterocycles. The van der Waals surface area contributed by atoms with E-state index in [9.17, 15) is 13.2 Å². The van der Waals surface area contributed by atoms with E-state index in [1.54, 1.807) is 13.2 Å². The van der Waals surface area contributed by atoms with E-state index in [0.717, 1.165) is 54.7 Å². The summed E-state index contributed by atoms with van der Waals surface area (Å²) in [5.74, 6) is 2.25. The first-order chi connectivity index (χ1) is 16.8. The summed E-state index contributed by atoms with van der Waals surface area (Å²) in [5, 5.41) is 3.76. The maximum absolute atomic E-state index is 12.2. The summed E-state index contributed by atoms with van der Waals surface area (Å²) in [6.45, 7) is 3.53. The van der Waals surface area contributed by atoms with Crippen molar-refractivity contribution in [3.8, 4) is 11.1 Å². The molecule has 8 nitrogen and oxygen atoms in total. The van der Waals surface area contributed by atoms with Gasteiger partial charge in [0.05, 0.1) is 12.8 Å². The number of amides is 1. The lowest BCUT2D eigenvalue weighted by molar-refractivity contribution is -0.153. The Hall–Kier alpha value is -2.34. The third-order valence-corrected chi connectivity index (χ3v) is 6.89. The fourth-order valence-corrected chi connectivity index (χ4v) is 4.93. The van der Waals surface area contributed by atoms with Gasteiger partial charge in [-0.15, -0.1) is 0 Å². The van der Waals surface area contributed by atoms with Crippen LogP contribution in [0.25, 0.3) is 0 Å². The van der Waals surface area contributed by atoms with Gasteiger partial charge in [0.25, 0.3) is 11.1 Å². The lowest BCUT2D eigenvalue weighted by atomic mass is 9.87. The summed E-state index contributed by atoms with van der Waals surface area (Å²) in [7, 11) is 1.57. The Bertz CT molecular complexity index is 851. The highest BCUT2D eigenvalue weighted by Gasteiger charge is 2.30. The minimum atomic E-state index is -4.31. The van der Waals surface area contributed by atoms with Gasteiger partial charge in [-0.1, -0.05) is 50.4 Å². The van der Waals surface area contributed by atoms with Crippen LogP contribution in [0.1, 0.15) is 61.8 Å². The van der Waals surface area contributed by atoms with Gasteiger partial charge in [0.15, 0.2) is 6.61 Å². The molecule has 2 aromatic rings. The Morgan fingerprint density at radius 1 is 1.31 bits per heavy atom. The summed E-state index contributed by atoms with van der Waals surface area (Å²) in [6, 6.07) is 1.78. The number of methoxy groups -OCH3 is 1. The highest BCUT2D eigenvalue weighted by Crippen LogP contribution is 2.32. The van der Waals surface area contributed by atoms with E-state index in [1.807, 2.05) is 6.92 Å². The van der Waals surface area contributed by atoms with Crippen molar-refractivity contribution in [1.82, 2.24) is 15.0 Å². The number of thiazole rings is 1. The standard InChI is InChI=1S/C16H23F3N2OS.C6H9NO2.CH3NO/c17-16(18,19)11-22-15-20-13-10-21(9-7-14(13)23-15)8-6-12-4-2-1-3-5-12;1-3-5-4-6(8-2)7-9-5;2-1-3/h12H,1-11H2;4H,3H2,1-2H3;1H,(H2,2,3). The Labute approximate surface area is 208 Å². The van der Waals surface area contributed by atoms with Crippen molar-refractivity contribution in [1.29, 1.82) is 0 Å². The molecule has 3 heterocycles. The number of hydrogen-bond acceptors (Lipinski definition) is 8. The van der Waals surface area contributed by atoms with Crippen molar-refractivity contribution in [2.75, 3.05) is 26.8 Å². The third kappa shape index (κ3) is 10.9. The number of fused-ring (bicyclic) bond motifs is 1. The molecule has 2 aliphatic rings. The molecule has 1 fully saturated rings. The summed E-state index contributed by atoms with van der Waals surface area (Å²) in [4.78, 5) is 16.3. The lowest BCUT2D eigenvalue weighted by Crippen LogP contribution is -2.32. The molecule has 1 saturated carbocycles. The summed E-state index contributed by atoms with van der Waals surface area (Å²) >= 11 is 1.26. The van der Waals surface area contributed by atoms with Crippen LogP contribution in [-0.4, -0.2) is 54.4 Å². The van der Waals surface area contributed by atoms with Gasteiger partial charge < -0.3 is 19.7 Å². The number of ether oxygens (including phenoxy) is 2. The van der Waals surface area contributed by atoms with Crippen LogP contribution in [-0.2, 0) is 24.2 Å². The Kier molecular flexibility index (Phi) is 12.3. The number of nitrogens with two attached hydrogens (primary N) is 1. The summed E-state index contributed by atoms with van der Waals surface area (Å²) in [6.07, 6.45) is 5.71. The van der Waals surface area contributed by atoms with E-state index in [2.05, 4.69) is 20.8 Å². The fourth-order valence-electron chi connectivity index (χ4n) is 4.02. The first-order valence-electron chi connectivity index (χ1n) is 11.8. The lowest BCUT2D eigenvalue weighted by Gasteiger charge is -2.29. The number of nitrogens with zero attached hydrogens (tertiary/aromatic N) is 3. The summed E-state index contributed by atoms with van der Waals surface area (Å²) in [5.41, 5.74) is 5.07. The summed E-state index contributed by atoms with van der Waals surface area (Å²) < 4.78 is 51.0. The van der Waals surface area contributed by atoms with Crippen molar-refractivity contribution in [3.05, 3.63) is 22.4 Å². The van der Waals surface area contributed by atoms with Gasteiger partial charge in [-0.25, -0.2) is 4.98 Å². The highest BCUT2D eigenvalue weighted by molar-refractivity contribution is 7.13. The van der Waals surface area contributed by atoms with Crippen LogP contribution in [0.4, 0.5) is 13.2 Å². The number of rotatable bonds is 7. The topological polar surface area (TPSA) is 104 Å². The van der Waals surface area contributed by atoms with E-state index in [-0.39, 0.29) is 11.6 Å². The van der Waals surface area contributed by atoms with Crippen molar-refractivity contribution in [2.45, 2.75) is 71.0 Å². The average Bonchev–Trinajstić information content (AvgIpc) is 3.49. The van der Waals surface area contributed by atoms with E-state index >= 15 is 0 Å². The SMILES string of the molecule is CCc1cc(OC)no1.FC(F)(F)COc1nc2c(s1)CCN(CCC1CCCCC1)C2.NC=O. The van der Waals surface area contributed by atoms with Gasteiger partial charge in [-0.3, -0.25) is 9.69 Å². The van der Waals surface area contributed by atoms with Crippen LogP contribution in [0.15, 0.2) is 10.6 Å². The van der Waals surface area contributed by atoms with Gasteiger partial charge >= 0.3 is 6.18 Å². The normalized spacial score (nSPS) is 16.3. The molecule has 4 rings (SSSR count). The zero-order valence-corrected chi connectivity index (χ0v) is 21.1. The first kappa shape index (κ1) is 28.9. The molecule has 1 amide bonds. The van der Waals surface area contributed by atoms with Gasteiger partial charge in [0, 0.05) is 30.5 Å². The van der Waals surface area contributed by atoms with E-state index in [0.29, 0.717) is 5.88 Å². The Balaban J connectivity index is 0.000000299. The van der Waals surface area contributed by atoms with Crippen LogP contribution in [0.5, 0.6) is 11.1 Å². The van der Waals surface area contributed by atoms with Crippen molar-refractivity contribution in [2.24, 2.45) is 11.7 Å². The average molecular weight is 521 g/mol. The van der Waals surface area contributed by atoms with Crippen LogP contribution < -0.4 is 15.2 Å². The molecule has 0 radical (unpaired) electrons. The predicted octanol–water partition coefficient (Wildman–Crippen LogP) is 4.76. The zero-order chi connectivity index (χ0) is 25.7. The quantitative estimate of drug-likeness (QED) is 0.525. The molecular weight excluding hydrogens is 485 g/mol. The molecule has 0 atom stereocenters. The molecule has 2 aromatic heterocycles. The number of primary amides is 1. The van der Waals surface area contributed by atoms with Gasteiger partial charge in [0.2, 0.25) is 6.41 Å². The molecule has 0 bridgehead atoms. The van der Waals surface area contributed by atoms with Crippen LogP contribution in [0.2, 0.25) is 0 Å². The largest absolute Gasteiger partial charge is 0.479 e. The van der Waals surface area contributed by atoms with Gasteiger partial charge in [-0.05, 0) is 30.5 Å². The van der Waals surface area contributed by atoms with Crippen molar-refractivity contribution < 1.29 is 32.0 Å². The van der Waals surface area contributed by atoms with Crippen LogP contribution in [0, 0.1) is 5.92 Å². The molecule has 198 valence electrons. The first-order valence-corrected chi connectivity index (χ1v) is 12.6. The number of carbonyl (C=O) groups excluding carboxylic acids is 1. The van der Waals surface area contributed by atoms with E-state index < -0.39 is 12.8 Å². The molecule has 0 unspecified atom stereocenters. The number of hydrogen-bond donors (Lipinski definition) is 1. The molecule has 0 aromatic carbocycles. The molecular formula is C23H35F3N4O4S. The van der Waals surface area contributed by atoms with Crippen LogP contribution >= 0.6 is 11.3 Å². The van der Waals surface area contributed by atoms with Crippen LogP contribution in [0.3, 0.4) is 0 Å². The van der Waals surface area contributed by atoms with Gasteiger partial charge in [-0.2, -0.15) is 13.2 Å². The number of carbonyl (C=O) groups is 1. The minimum absolute atomic E-state index is 0.154.